The van der Waals surface area contributed by atoms with Crippen LogP contribution in [0.3, 0.4) is 0 Å². The van der Waals surface area contributed by atoms with Gasteiger partial charge in [0.1, 0.15) is 5.75 Å². The second-order valence-electron chi connectivity index (χ2n) is 6.38. The molecule has 0 aromatic heterocycles. The van der Waals surface area contributed by atoms with E-state index in [-0.39, 0.29) is 6.10 Å². The normalized spacial score (nSPS) is 20.2. The van der Waals surface area contributed by atoms with Crippen LogP contribution in [0.4, 0.5) is 5.69 Å². The molecule has 0 amide bonds. The average Bonchev–Trinajstić information content (AvgIpc) is 2.66. The fraction of sp³-hybridized carbons (Fsp3) is 0.700. The van der Waals surface area contributed by atoms with Crippen LogP contribution in [0.25, 0.3) is 0 Å². The standard InChI is InChI=1S/C20H33NO5/c1-2-22-11-12-23-13-14-24-15-16-25-18-7-9-20(10-8-18)26-19-5-3-17(21)4-6-19/h3-6,18,20H,2,7-16,21H2,1H3. The minimum atomic E-state index is 0.267. The Labute approximate surface area is 156 Å². The van der Waals surface area contributed by atoms with Gasteiger partial charge in [-0.25, -0.2) is 0 Å². The third-order valence-corrected chi connectivity index (χ3v) is 4.33. The Hall–Kier alpha value is -1.34. The molecule has 1 aliphatic rings. The van der Waals surface area contributed by atoms with Crippen molar-refractivity contribution in [2.75, 3.05) is 52.0 Å². The maximum Gasteiger partial charge on any atom is 0.119 e. The van der Waals surface area contributed by atoms with E-state index in [1.54, 1.807) is 0 Å². The predicted molar refractivity (Wildman–Crippen MR) is 102 cm³/mol. The zero-order valence-corrected chi connectivity index (χ0v) is 15.9. The molecule has 1 aromatic rings. The van der Waals surface area contributed by atoms with Crippen LogP contribution in [0.2, 0.25) is 0 Å². The molecule has 6 heteroatoms. The summed E-state index contributed by atoms with van der Waals surface area (Å²) in [5.74, 6) is 0.889. The van der Waals surface area contributed by atoms with E-state index < -0.39 is 0 Å². The number of benzene rings is 1. The molecular weight excluding hydrogens is 334 g/mol. The predicted octanol–water partition coefficient (Wildman–Crippen LogP) is 3.05. The van der Waals surface area contributed by atoms with Crippen LogP contribution >= 0.6 is 0 Å². The molecule has 0 bridgehead atoms. The molecule has 0 saturated heterocycles. The molecule has 1 fully saturated rings. The Morgan fingerprint density at radius 1 is 0.769 bits per heavy atom. The highest BCUT2D eigenvalue weighted by atomic mass is 16.6. The molecule has 2 rings (SSSR count). The highest BCUT2D eigenvalue weighted by Crippen LogP contribution is 2.25. The van der Waals surface area contributed by atoms with Gasteiger partial charge in [-0.05, 0) is 56.9 Å². The van der Waals surface area contributed by atoms with Gasteiger partial charge in [-0.3, -0.25) is 0 Å². The van der Waals surface area contributed by atoms with Crippen molar-refractivity contribution in [2.24, 2.45) is 0 Å². The van der Waals surface area contributed by atoms with Crippen LogP contribution in [-0.2, 0) is 18.9 Å². The Morgan fingerprint density at radius 3 is 1.92 bits per heavy atom. The first-order valence-corrected chi connectivity index (χ1v) is 9.65. The van der Waals surface area contributed by atoms with Gasteiger partial charge in [-0.2, -0.15) is 0 Å². The number of nitrogens with two attached hydrogens (primary N) is 1. The quantitative estimate of drug-likeness (QED) is 0.427. The molecule has 0 radical (unpaired) electrons. The number of rotatable bonds is 13. The molecule has 0 spiro atoms. The molecular formula is C20H33NO5. The molecule has 1 aliphatic carbocycles. The van der Waals surface area contributed by atoms with Gasteiger partial charge < -0.3 is 29.4 Å². The minimum absolute atomic E-state index is 0.267. The van der Waals surface area contributed by atoms with Gasteiger partial charge >= 0.3 is 0 Å². The van der Waals surface area contributed by atoms with Gasteiger partial charge in [0.2, 0.25) is 0 Å². The molecule has 0 atom stereocenters. The van der Waals surface area contributed by atoms with E-state index in [4.69, 9.17) is 29.4 Å². The molecule has 2 N–H and O–H groups in total. The van der Waals surface area contributed by atoms with E-state index in [0.717, 1.165) is 43.7 Å². The second-order valence-corrected chi connectivity index (χ2v) is 6.38. The summed E-state index contributed by atoms with van der Waals surface area (Å²) in [6.45, 7) is 6.40. The number of ether oxygens (including phenoxy) is 5. The zero-order chi connectivity index (χ0) is 18.5. The number of anilines is 1. The van der Waals surface area contributed by atoms with E-state index >= 15 is 0 Å². The molecule has 1 aromatic carbocycles. The summed E-state index contributed by atoms with van der Waals surface area (Å²) in [5.41, 5.74) is 6.45. The first-order chi connectivity index (χ1) is 12.8. The average molecular weight is 367 g/mol. The lowest BCUT2D eigenvalue weighted by Crippen LogP contribution is -2.29. The van der Waals surface area contributed by atoms with Crippen molar-refractivity contribution in [3.8, 4) is 5.75 Å². The zero-order valence-electron chi connectivity index (χ0n) is 15.9. The number of hydrogen-bond donors (Lipinski definition) is 1. The number of nitrogen functional groups attached to an aromatic ring is 1. The minimum Gasteiger partial charge on any atom is -0.490 e. The molecule has 26 heavy (non-hydrogen) atoms. The number of hydrogen-bond acceptors (Lipinski definition) is 6. The summed E-state index contributed by atoms with van der Waals surface area (Å²) < 4.78 is 28.0. The Balaban J connectivity index is 1.43. The first-order valence-electron chi connectivity index (χ1n) is 9.65. The van der Waals surface area contributed by atoms with Gasteiger partial charge in [0.25, 0.3) is 0 Å². The maximum absolute atomic E-state index is 6.01. The fourth-order valence-electron chi connectivity index (χ4n) is 2.91. The van der Waals surface area contributed by atoms with Gasteiger partial charge in [-0.1, -0.05) is 0 Å². The van der Waals surface area contributed by atoms with Crippen LogP contribution in [0.15, 0.2) is 24.3 Å². The van der Waals surface area contributed by atoms with E-state index in [9.17, 15) is 0 Å². The van der Waals surface area contributed by atoms with Gasteiger partial charge in [-0.15, -0.1) is 0 Å². The topological polar surface area (TPSA) is 72.2 Å². The third-order valence-electron chi connectivity index (χ3n) is 4.33. The lowest BCUT2D eigenvalue weighted by molar-refractivity contribution is -0.0358. The highest BCUT2D eigenvalue weighted by molar-refractivity contribution is 5.41. The van der Waals surface area contributed by atoms with Crippen molar-refractivity contribution in [2.45, 2.75) is 44.8 Å². The van der Waals surface area contributed by atoms with E-state index in [0.29, 0.717) is 45.7 Å². The van der Waals surface area contributed by atoms with Crippen molar-refractivity contribution in [1.29, 1.82) is 0 Å². The monoisotopic (exact) mass is 367 g/mol. The van der Waals surface area contributed by atoms with Crippen LogP contribution in [-0.4, -0.2) is 58.5 Å². The molecule has 6 nitrogen and oxygen atoms in total. The van der Waals surface area contributed by atoms with Crippen LogP contribution in [0.1, 0.15) is 32.6 Å². The van der Waals surface area contributed by atoms with E-state index in [1.165, 1.54) is 0 Å². The summed E-state index contributed by atoms with van der Waals surface area (Å²) in [5, 5.41) is 0. The molecule has 1 saturated carbocycles. The molecule has 0 unspecified atom stereocenters. The van der Waals surface area contributed by atoms with Crippen molar-refractivity contribution in [1.82, 2.24) is 0 Å². The largest absolute Gasteiger partial charge is 0.490 e. The SMILES string of the molecule is CCOCCOCCOCCOC1CCC(Oc2ccc(N)cc2)CC1. The fourth-order valence-corrected chi connectivity index (χ4v) is 2.91. The lowest BCUT2D eigenvalue weighted by Gasteiger charge is -2.29. The Bertz CT molecular complexity index is 460. The summed E-state index contributed by atoms with van der Waals surface area (Å²) in [4.78, 5) is 0. The van der Waals surface area contributed by atoms with E-state index in [1.807, 2.05) is 31.2 Å². The van der Waals surface area contributed by atoms with Crippen molar-refractivity contribution >= 4 is 5.69 Å². The second kappa shape index (κ2) is 12.9. The molecule has 0 aliphatic heterocycles. The summed E-state index contributed by atoms with van der Waals surface area (Å²) in [6.07, 6.45) is 4.67. The smallest absolute Gasteiger partial charge is 0.119 e. The van der Waals surface area contributed by atoms with Crippen LogP contribution < -0.4 is 10.5 Å². The van der Waals surface area contributed by atoms with E-state index in [2.05, 4.69) is 0 Å². The molecule has 0 heterocycles. The van der Waals surface area contributed by atoms with Crippen LogP contribution in [0.5, 0.6) is 5.75 Å². The summed E-state index contributed by atoms with van der Waals surface area (Å²) >= 11 is 0. The summed E-state index contributed by atoms with van der Waals surface area (Å²) in [7, 11) is 0. The first kappa shape index (κ1) is 21.0. The summed E-state index contributed by atoms with van der Waals surface area (Å²) in [6, 6.07) is 7.59. The van der Waals surface area contributed by atoms with Gasteiger partial charge in [0.15, 0.2) is 0 Å². The van der Waals surface area contributed by atoms with Crippen molar-refractivity contribution in [3.05, 3.63) is 24.3 Å². The van der Waals surface area contributed by atoms with Crippen LogP contribution in [0, 0.1) is 0 Å². The third kappa shape index (κ3) is 8.85. The van der Waals surface area contributed by atoms with Gasteiger partial charge in [0, 0.05) is 12.3 Å². The van der Waals surface area contributed by atoms with Crippen molar-refractivity contribution < 1.29 is 23.7 Å². The maximum atomic E-state index is 6.01. The Morgan fingerprint density at radius 2 is 1.31 bits per heavy atom. The van der Waals surface area contributed by atoms with Crippen molar-refractivity contribution in [3.63, 3.8) is 0 Å². The Kier molecular flexibility index (Phi) is 10.4. The van der Waals surface area contributed by atoms with Gasteiger partial charge in [0.05, 0.1) is 51.8 Å². The highest BCUT2D eigenvalue weighted by Gasteiger charge is 2.22. The molecule has 148 valence electrons. The lowest BCUT2D eigenvalue weighted by atomic mass is 9.95.